The first-order valence-corrected chi connectivity index (χ1v) is 10.2. The highest BCUT2D eigenvalue weighted by Gasteiger charge is 2.41. The molecule has 0 saturated carbocycles. The van der Waals surface area contributed by atoms with Gasteiger partial charge >= 0.3 is 0 Å². The summed E-state index contributed by atoms with van der Waals surface area (Å²) in [7, 11) is -3.11. The summed E-state index contributed by atoms with van der Waals surface area (Å²) in [6, 6.07) is 8.77. The number of carbonyl (C=O) groups is 1. The number of nitrogens with zero attached hydrogens (tertiary/aromatic N) is 1. The van der Waals surface area contributed by atoms with Gasteiger partial charge in [0.15, 0.2) is 9.84 Å². The van der Waals surface area contributed by atoms with Gasteiger partial charge in [-0.15, -0.1) is 0 Å². The van der Waals surface area contributed by atoms with Crippen molar-refractivity contribution < 1.29 is 13.2 Å². The third-order valence-corrected chi connectivity index (χ3v) is 6.31. The van der Waals surface area contributed by atoms with Gasteiger partial charge in [-0.2, -0.15) is 0 Å². The molecule has 0 aliphatic carbocycles. The van der Waals surface area contributed by atoms with Crippen LogP contribution in [-0.4, -0.2) is 55.9 Å². The summed E-state index contributed by atoms with van der Waals surface area (Å²) in [5, 5.41) is 2.82. The summed E-state index contributed by atoms with van der Waals surface area (Å²) < 4.78 is 24.1. The van der Waals surface area contributed by atoms with E-state index in [1.807, 2.05) is 30.3 Å². The van der Waals surface area contributed by atoms with E-state index in [1.54, 1.807) is 0 Å². The normalized spacial score (nSPS) is 26.3. The van der Waals surface area contributed by atoms with Crippen LogP contribution in [0.25, 0.3) is 0 Å². The molecule has 0 aromatic heterocycles. The third kappa shape index (κ3) is 4.37. The van der Waals surface area contributed by atoms with Gasteiger partial charge in [0, 0.05) is 17.5 Å². The van der Waals surface area contributed by atoms with E-state index in [4.69, 9.17) is 0 Å². The highest BCUT2D eigenvalue weighted by molar-refractivity contribution is 7.91. The Kier molecular flexibility index (Phi) is 5.22. The maximum Gasteiger partial charge on any atom is 0.296 e. The summed E-state index contributed by atoms with van der Waals surface area (Å²) >= 11 is 0. The van der Waals surface area contributed by atoms with Crippen molar-refractivity contribution >= 4 is 15.7 Å². The van der Waals surface area contributed by atoms with Crippen LogP contribution in [0.15, 0.2) is 30.3 Å². The van der Waals surface area contributed by atoms with E-state index in [0.717, 1.165) is 31.5 Å². The molecule has 6 heteroatoms. The van der Waals surface area contributed by atoms with Gasteiger partial charge in [-0.1, -0.05) is 30.5 Å². The van der Waals surface area contributed by atoms with Crippen LogP contribution in [0, 0.1) is 11.8 Å². The molecular weight excluding hydrogens is 324 g/mol. The van der Waals surface area contributed by atoms with Gasteiger partial charge in [-0.25, -0.2) is 8.42 Å². The standard InChI is InChI=1S/C18H22N2O3S/c21-18(10-9-15-7-3-1-4-8-15)19-16-13-24(22,23)14-17(16)20-11-5-2-6-12-20/h1,3-4,7-8,16-17H,2,5-6,11-14H2,(H,19,21). The molecule has 1 N–H and O–H groups in total. The first kappa shape index (κ1) is 17.0. The number of piperidine rings is 1. The Morgan fingerprint density at radius 2 is 1.79 bits per heavy atom. The van der Waals surface area contributed by atoms with E-state index in [9.17, 15) is 13.2 Å². The molecule has 1 aromatic carbocycles. The topological polar surface area (TPSA) is 66.5 Å². The number of rotatable bonds is 2. The molecule has 1 amide bonds. The van der Waals surface area contributed by atoms with E-state index in [-0.39, 0.29) is 23.6 Å². The predicted octanol–water partition coefficient (Wildman–Crippen LogP) is 0.806. The minimum Gasteiger partial charge on any atom is -0.340 e. The number of sulfone groups is 1. The molecule has 0 bridgehead atoms. The fraction of sp³-hybridized carbons (Fsp3) is 0.500. The monoisotopic (exact) mass is 346 g/mol. The van der Waals surface area contributed by atoms with Crippen LogP contribution in [0.3, 0.4) is 0 Å². The minimum atomic E-state index is -3.11. The van der Waals surface area contributed by atoms with Gasteiger partial charge < -0.3 is 5.32 Å². The van der Waals surface area contributed by atoms with E-state index in [0.29, 0.717) is 0 Å². The molecule has 2 aliphatic heterocycles. The lowest BCUT2D eigenvalue weighted by Gasteiger charge is -2.34. The molecular formula is C18H22N2O3S. The maximum atomic E-state index is 12.1. The predicted molar refractivity (Wildman–Crippen MR) is 93.1 cm³/mol. The van der Waals surface area contributed by atoms with Gasteiger partial charge in [0.2, 0.25) is 0 Å². The minimum absolute atomic E-state index is 0.00687. The summed E-state index contributed by atoms with van der Waals surface area (Å²) in [6.45, 7) is 1.81. The molecule has 2 unspecified atom stereocenters. The lowest BCUT2D eigenvalue weighted by Crippen LogP contribution is -2.52. The zero-order valence-corrected chi connectivity index (χ0v) is 14.4. The van der Waals surface area contributed by atoms with Gasteiger partial charge in [-0.05, 0) is 38.1 Å². The number of hydrogen-bond donors (Lipinski definition) is 1. The Morgan fingerprint density at radius 1 is 1.08 bits per heavy atom. The number of carbonyl (C=O) groups excluding carboxylic acids is 1. The van der Waals surface area contributed by atoms with Crippen LogP contribution < -0.4 is 5.32 Å². The van der Waals surface area contributed by atoms with Gasteiger partial charge in [0.25, 0.3) is 5.91 Å². The van der Waals surface area contributed by atoms with E-state index in [2.05, 4.69) is 22.1 Å². The summed E-state index contributed by atoms with van der Waals surface area (Å²) in [6.07, 6.45) is 3.37. The third-order valence-electron chi connectivity index (χ3n) is 4.59. The Labute approximate surface area is 143 Å². The second-order valence-electron chi connectivity index (χ2n) is 6.44. The zero-order valence-electron chi connectivity index (χ0n) is 13.6. The zero-order chi connectivity index (χ0) is 17.0. The Hall–Kier alpha value is -1.84. The first-order valence-electron chi connectivity index (χ1n) is 8.35. The Morgan fingerprint density at radius 3 is 2.50 bits per heavy atom. The Bertz CT molecular complexity index is 743. The number of likely N-dealkylation sites (tertiary alicyclic amines) is 1. The fourth-order valence-electron chi connectivity index (χ4n) is 3.43. The van der Waals surface area contributed by atoms with Crippen molar-refractivity contribution in [3.8, 4) is 11.8 Å². The average molecular weight is 346 g/mol. The first-order chi connectivity index (χ1) is 11.5. The number of benzene rings is 1. The molecule has 2 saturated heterocycles. The fourth-order valence-corrected chi connectivity index (χ4v) is 5.38. The molecule has 3 rings (SSSR count). The summed E-state index contributed by atoms with van der Waals surface area (Å²) in [5.74, 6) is 5.09. The molecule has 0 spiro atoms. The highest BCUT2D eigenvalue weighted by atomic mass is 32.2. The van der Waals surface area contributed by atoms with Crippen molar-refractivity contribution in [1.29, 1.82) is 0 Å². The second kappa shape index (κ2) is 7.37. The number of nitrogens with one attached hydrogen (secondary N) is 1. The van der Waals surface area contributed by atoms with Crippen LogP contribution in [-0.2, 0) is 14.6 Å². The van der Waals surface area contributed by atoms with Crippen LogP contribution in [0.5, 0.6) is 0 Å². The van der Waals surface area contributed by atoms with Gasteiger partial charge in [0.05, 0.1) is 17.5 Å². The van der Waals surface area contributed by atoms with E-state index < -0.39 is 15.7 Å². The van der Waals surface area contributed by atoms with Crippen LogP contribution >= 0.6 is 0 Å². The number of hydrogen-bond acceptors (Lipinski definition) is 4. The molecule has 128 valence electrons. The van der Waals surface area contributed by atoms with Gasteiger partial charge in [0.1, 0.15) is 0 Å². The molecule has 2 fully saturated rings. The highest BCUT2D eigenvalue weighted by Crippen LogP contribution is 2.22. The van der Waals surface area contributed by atoms with Crippen molar-refractivity contribution in [2.75, 3.05) is 24.6 Å². The van der Waals surface area contributed by atoms with Crippen molar-refractivity contribution in [3.05, 3.63) is 35.9 Å². The SMILES string of the molecule is O=C(C#Cc1ccccc1)NC1CS(=O)(=O)CC1N1CCCCC1. The van der Waals surface area contributed by atoms with Crippen molar-refractivity contribution in [1.82, 2.24) is 10.2 Å². The van der Waals surface area contributed by atoms with Gasteiger partial charge in [-0.3, -0.25) is 9.69 Å². The smallest absolute Gasteiger partial charge is 0.296 e. The molecule has 5 nitrogen and oxygen atoms in total. The van der Waals surface area contributed by atoms with Crippen LogP contribution in [0.1, 0.15) is 24.8 Å². The Balaban J connectivity index is 1.67. The van der Waals surface area contributed by atoms with Crippen molar-refractivity contribution in [3.63, 3.8) is 0 Å². The van der Waals surface area contributed by atoms with Crippen molar-refractivity contribution in [2.45, 2.75) is 31.3 Å². The molecule has 2 aliphatic rings. The summed E-state index contributed by atoms with van der Waals surface area (Å²) in [5.41, 5.74) is 0.763. The average Bonchev–Trinajstić information content (AvgIpc) is 2.89. The largest absolute Gasteiger partial charge is 0.340 e. The maximum absolute atomic E-state index is 12.1. The lowest BCUT2D eigenvalue weighted by molar-refractivity contribution is -0.116. The van der Waals surface area contributed by atoms with Crippen molar-refractivity contribution in [2.24, 2.45) is 0 Å². The number of amides is 1. The molecule has 2 atom stereocenters. The summed E-state index contributed by atoms with van der Waals surface area (Å²) in [4.78, 5) is 14.3. The molecule has 24 heavy (non-hydrogen) atoms. The lowest BCUT2D eigenvalue weighted by atomic mass is 10.0. The molecule has 0 radical (unpaired) electrons. The quantitative estimate of drug-likeness (QED) is 0.805. The van der Waals surface area contributed by atoms with E-state index in [1.165, 1.54) is 6.42 Å². The molecule has 2 heterocycles. The molecule has 1 aromatic rings. The van der Waals surface area contributed by atoms with Crippen LogP contribution in [0.4, 0.5) is 0 Å². The second-order valence-corrected chi connectivity index (χ2v) is 8.59. The van der Waals surface area contributed by atoms with Crippen LogP contribution in [0.2, 0.25) is 0 Å². The van der Waals surface area contributed by atoms with E-state index >= 15 is 0 Å².